The molecule has 4 atom stereocenters. The average Bonchev–Trinajstić information content (AvgIpc) is 3.17. The van der Waals surface area contributed by atoms with Crippen LogP contribution in [-0.4, -0.2) is 64.7 Å². The number of ether oxygens (including phenoxy) is 1. The number of anilines is 2. The second kappa shape index (κ2) is 6.74. The highest BCUT2D eigenvalue weighted by Crippen LogP contribution is 2.33. The molecule has 10 nitrogen and oxygen atoms in total. The molecule has 0 radical (unpaired) electrons. The van der Waals surface area contributed by atoms with Crippen LogP contribution in [0.1, 0.15) is 6.23 Å². The van der Waals surface area contributed by atoms with E-state index in [9.17, 15) is 15.3 Å². The van der Waals surface area contributed by atoms with Crippen LogP contribution in [0.4, 0.5) is 11.6 Å². The standard InChI is InChI=1S/C15H15ClN6O4/c16-15-20-12(19-8-3-1-2-4-17-8)9-13(21-15)22(6-18-9)14-11(25)10(24)7(5-23)26-14/h1-4,6-7,10-11,14,23-25H,5H2,(H,17,19,20,21)/t7-,10-,11-,14-/m1/s1. The van der Waals surface area contributed by atoms with Gasteiger partial charge < -0.3 is 25.4 Å². The molecular formula is C15H15ClN6O4. The molecule has 0 saturated carbocycles. The minimum atomic E-state index is -1.26. The van der Waals surface area contributed by atoms with Crippen molar-refractivity contribution in [3.63, 3.8) is 0 Å². The Hall–Kier alpha value is -2.37. The number of aliphatic hydroxyl groups is 3. The third-order valence-corrected chi connectivity index (χ3v) is 4.27. The number of nitrogens with zero attached hydrogens (tertiary/aromatic N) is 5. The Kier molecular flexibility index (Phi) is 4.42. The van der Waals surface area contributed by atoms with E-state index < -0.39 is 31.1 Å². The lowest BCUT2D eigenvalue weighted by molar-refractivity contribution is -0.0511. The molecule has 0 unspecified atom stereocenters. The van der Waals surface area contributed by atoms with Gasteiger partial charge in [-0.1, -0.05) is 6.07 Å². The zero-order valence-electron chi connectivity index (χ0n) is 13.3. The van der Waals surface area contributed by atoms with Gasteiger partial charge in [0.2, 0.25) is 5.28 Å². The van der Waals surface area contributed by atoms with Gasteiger partial charge in [0, 0.05) is 6.20 Å². The summed E-state index contributed by atoms with van der Waals surface area (Å²) in [5.74, 6) is 0.884. The number of nitrogens with one attached hydrogen (secondary N) is 1. The maximum Gasteiger partial charge on any atom is 0.226 e. The van der Waals surface area contributed by atoms with Crippen molar-refractivity contribution < 1.29 is 20.1 Å². The zero-order valence-corrected chi connectivity index (χ0v) is 14.0. The molecule has 0 aliphatic carbocycles. The summed E-state index contributed by atoms with van der Waals surface area (Å²) in [5.41, 5.74) is 0.691. The monoisotopic (exact) mass is 378 g/mol. The maximum absolute atomic E-state index is 10.2. The van der Waals surface area contributed by atoms with E-state index in [1.54, 1.807) is 18.3 Å². The molecule has 0 aromatic carbocycles. The number of rotatable bonds is 4. The van der Waals surface area contributed by atoms with Gasteiger partial charge in [0.05, 0.1) is 12.9 Å². The highest BCUT2D eigenvalue weighted by molar-refractivity contribution is 6.28. The highest BCUT2D eigenvalue weighted by atomic mass is 35.5. The van der Waals surface area contributed by atoms with E-state index >= 15 is 0 Å². The molecule has 3 aromatic rings. The quantitative estimate of drug-likeness (QED) is 0.470. The van der Waals surface area contributed by atoms with Crippen molar-refractivity contribution in [3.8, 4) is 0 Å². The molecule has 26 heavy (non-hydrogen) atoms. The summed E-state index contributed by atoms with van der Waals surface area (Å²) < 4.78 is 6.96. The maximum atomic E-state index is 10.2. The third-order valence-electron chi connectivity index (χ3n) is 4.10. The Morgan fingerprint density at radius 3 is 2.73 bits per heavy atom. The van der Waals surface area contributed by atoms with E-state index in [-0.39, 0.29) is 5.28 Å². The summed E-state index contributed by atoms with van der Waals surface area (Å²) in [7, 11) is 0. The van der Waals surface area contributed by atoms with Crippen LogP contribution in [0, 0.1) is 0 Å². The lowest BCUT2D eigenvalue weighted by Gasteiger charge is -2.16. The van der Waals surface area contributed by atoms with Gasteiger partial charge in [0.15, 0.2) is 23.2 Å². The van der Waals surface area contributed by atoms with E-state index in [1.807, 2.05) is 6.07 Å². The zero-order chi connectivity index (χ0) is 18.3. The Balaban J connectivity index is 1.75. The molecule has 1 aliphatic heterocycles. The Morgan fingerprint density at radius 2 is 2.04 bits per heavy atom. The predicted octanol–water partition coefficient (Wildman–Crippen LogP) is 0.230. The second-order valence-corrected chi connectivity index (χ2v) is 6.07. The molecule has 1 aliphatic rings. The van der Waals surface area contributed by atoms with Gasteiger partial charge >= 0.3 is 0 Å². The van der Waals surface area contributed by atoms with Gasteiger partial charge in [0.25, 0.3) is 0 Å². The first-order valence-corrected chi connectivity index (χ1v) is 8.17. The van der Waals surface area contributed by atoms with E-state index in [2.05, 4.69) is 25.3 Å². The fourth-order valence-corrected chi connectivity index (χ4v) is 3.00. The third kappa shape index (κ3) is 2.87. The van der Waals surface area contributed by atoms with Crippen LogP contribution in [0.15, 0.2) is 30.7 Å². The van der Waals surface area contributed by atoms with Gasteiger partial charge in [-0.3, -0.25) is 4.57 Å². The molecule has 0 amide bonds. The summed E-state index contributed by atoms with van der Waals surface area (Å²) in [6.07, 6.45) is -1.34. The number of fused-ring (bicyclic) bond motifs is 1. The number of hydrogen-bond donors (Lipinski definition) is 4. The lowest BCUT2D eigenvalue weighted by atomic mass is 10.1. The summed E-state index contributed by atoms with van der Waals surface area (Å²) in [6.45, 7) is -0.427. The van der Waals surface area contributed by atoms with Crippen LogP contribution >= 0.6 is 11.6 Å². The fraction of sp³-hybridized carbons (Fsp3) is 0.333. The molecule has 4 heterocycles. The van der Waals surface area contributed by atoms with Gasteiger partial charge in [0.1, 0.15) is 24.1 Å². The largest absolute Gasteiger partial charge is 0.394 e. The number of imidazole rings is 1. The first-order chi connectivity index (χ1) is 12.6. The SMILES string of the molecule is OC[C@H]1O[C@@H](n2cnc3c(Nc4ccccn4)nc(Cl)nc32)[C@H](O)[C@@H]1O. The molecule has 0 spiro atoms. The molecule has 3 aromatic heterocycles. The van der Waals surface area contributed by atoms with E-state index in [1.165, 1.54) is 10.9 Å². The van der Waals surface area contributed by atoms with Gasteiger partial charge in [-0.15, -0.1) is 0 Å². The first kappa shape index (κ1) is 17.1. The van der Waals surface area contributed by atoms with Crippen molar-refractivity contribution in [2.24, 2.45) is 0 Å². The van der Waals surface area contributed by atoms with Crippen LogP contribution in [-0.2, 0) is 4.74 Å². The Labute approximate surface area is 152 Å². The Bertz CT molecular complexity index is 923. The molecule has 0 bridgehead atoms. The fourth-order valence-electron chi connectivity index (χ4n) is 2.83. The molecular weight excluding hydrogens is 364 g/mol. The number of pyridine rings is 1. The van der Waals surface area contributed by atoms with Crippen LogP contribution in [0.5, 0.6) is 0 Å². The molecule has 4 rings (SSSR count). The molecule has 1 saturated heterocycles. The minimum Gasteiger partial charge on any atom is -0.394 e. The summed E-state index contributed by atoms with van der Waals surface area (Å²) in [6, 6.07) is 5.35. The molecule has 1 fully saturated rings. The predicted molar refractivity (Wildman–Crippen MR) is 90.9 cm³/mol. The van der Waals surface area contributed by atoms with Crippen molar-refractivity contribution in [1.29, 1.82) is 0 Å². The van der Waals surface area contributed by atoms with Crippen molar-refractivity contribution >= 4 is 34.4 Å². The first-order valence-electron chi connectivity index (χ1n) is 7.79. The van der Waals surface area contributed by atoms with Gasteiger partial charge in [-0.05, 0) is 23.7 Å². The topological polar surface area (TPSA) is 138 Å². The van der Waals surface area contributed by atoms with Crippen molar-refractivity contribution in [2.45, 2.75) is 24.5 Å². The van der Waals surface area contributed by atoms with Gasteiger partial charge in [-0.25, -0.2) is 9.97 Å². The summed E-state index contributed by atoms with van der Waals surface area (Å²) >= 11 is 6.03. The lowest BCUT2D eigenvalue weighted by Crippen LogP contribution is -2.33. The summed E-state index contributed by atoms with van der Waals surface area (Å²) in [5, 5.41) is 32.4. The number of aliphatic hydroxyl groups excluding tert-OH is 3. The average molecular weight is 379 g/mol. The van der Waals surface area contributed by atoms with Crippen LogP contribution in [0.3, 0.4) is 0 Å². The summed E-state index contributed by atoms with van der Waals surface area (Å²) in [4.78, 5) is 16.7. The smallest absolute Gasteiger partial charge is 0.226 e. The number of hydrogen-bond acceptors (Lipinski definition) is 9. The molecule has 11 heteroatoms. The molecule has 136 valence electrons. The van der Waals surface area contributed by atoms with Crippen LogP contribution < -0.4 is 5.32 Å². The number of halogens is 1. The van der Waals surface area contributed by atoms with Gasteiger partial charge in [-0.2, -0.15) is 9.97 Å². The number of aromatic nitrogens is 5. The molecule has 4 N–H and O–H groups in total. The van der Waals surface area contributed by atoms with Crippen molar-refractivity contribution in [1.82, 2.24) is 24.5 Å². The van der Waals surface area contributed by atoms with Crippen LogP contribution in [0.25, 0.3) is 11.2 Å². The van der Waals surface area contributed by atoms with E-state index in [0.29, 0.717) is 22.8 Å². The normalized spacial score (nSPS) is 25.7. The second-order valence-electron chi connectivity index (χ2n) is 5.73. The van der Waals surface area contributed by atoms with Crippen molar-refractivity contribution in [2.75, 3.05) is 11.9 Å². The Morgan fingerprint density at radius 1 is 1.19 bits per heavy atom. The van der Waals surface area contributed by atoms with Crippen LogP contribution in [0.2, 0.25) is 5.28 Å². The minimum absolute atomic E-state index is 0.0376. The van der Waals surface area contributed by atoms with E-state index in [4.69, 9.17) is 16.3 Å². The highest BCUT2D eigenvalue weighted by Gasteiger charge is 2.44. The van der Waals surface area contributed by atoms with Crippen molar-refractivity contribution in [3.05, 3.63) is 36.0 Å². The van der Waals surface area contributed by atoms with E-state index in [0.717, 1.165) is 0 Å².